The third-order valence-electron chi connectivity index (χ3n) is 3.73. The fourth-order valence-electron chi connectivity index (χ4n) is 2.79. The van der Waals surface area contributed by atoms with Gasteiger partial charge in [-0.15, -0.1) is 0 Å². The van der Waals surface area contributed by atoms with Crippen LogP contribution in [-0.4, -0.2) is 42.4 Å². The van der Waals surface area contributed by atoms with E-state index in [0.29, 0.717) is 13.2 Å². The van der Waals surface area contributed by atoms with Crippen molar-refractivity contribution in [2.45, 2.75) is 32.8 Å². The van der Waals surface area contributed by atoms with Gasteiger partial charge in [0.15, 0.2) is 0 Å². The molecule has 120 valence electrons. The Bertz CT molecular complexity index is 559. The Kier molecular flexibility index (Phi) is 6.69. The van der Waals surface area contributed by atoms with Gasteiger partial charge >= 0.3 is 0 Å². The Labute approximate surface area is 133 Å². The van der Waals surface area contributed by atoms with E-state index in [1.54, 1.807) is 0 Å². The van der Waals surface area contributed by atoms with Gasteiger partial charge in [-0.3, -0.25) is 0 Å². The number of rotatable bonds is 9. The Morgan fingerprint density at radius 2 is 1.68 bits per heavy atom. The van der Waals surface area contributed by atoms with Gasteiger partial charge in [-0.05, 0) is 37.4 Å². The molecule has 0 aliphatic carbocycles. The minimum Gasteiger partial charge on any atom is -0.490 e. The molecule has 22 heavy (non-hydrogen) atoms. The van der Waals surface area contributed by atoms with Crippen LogP contribution in [0.5, 0.6) is 5.75 Å². The van der Waals surface area contributed by atoms with Crippen molar-refractivity contribution in [3.05, 3.63) is 42.5 Å². The van der Waals surface area contributed by atoms with Crippen LogP contribution in [0.15, 0.2) is 42.5 Å². The molecule has 0 fully saturated rings. The number of benzene rings is 2. The molecule has 3 heteroatoms. The van der Waals surface area contributed by atoms with Crippen LogP contribution < -0.4 is 4.74 Å². The van der Waals surface area contributed by atoms with Crippen LogP contribution in [-0.2, 0) is 0 Å². The minimum atomic E-state index is -0.461. The summed E-state index contributed by atoms with van der Waals surface area (Å²) >= 11 is 0. The highest BCUT2D eigenvalue weighted by Crippen LogP contribution is 2.25. The standard InChI is InChI=1S/C19H27NO2/c1-3-12-20(13-4-2)14-17(21)15-22-19-11-7-9-16-8-5-6-10-18(16)19/h5-11,17,21H,3-4,12-15H2,1-2H3/t17-/m0/s1. The maximum absolute atomic E-state index is 10.2. The second-order valence-corrected chi connectivity index (χ2v) is 5.74. The lowest BCUT2D eigenvalue weighted by Gasteiger charge is -2.24. The van der Waals surface area contributed by atoms with Crippen LogP contribution in [0.25, 0.3) is 10.8 Å². The molecule has 0 aliphatic heterocycles. The molecule has 0 saturated heterocycles. The number of aliphatic hydroxyl groups excluding tert-OH is 1. The lowest BCUT2D eigenvalue weighted by molar-refractivity contribution is 0.0687. The molecule has 0 aromatic heterocycles. The summed E-state index contributed by atoms with van der Waals surface area (Å²) in [5, 5.41) is 12.5. The average Bonchev–Trinajstić information content (AvgIpc) is 2.53. The van der Waals surface area contributed by atoms with E-state index in [4.69, 9.17) is 4.74 Å². The van der Waals surface area contributed by atoms with E-state index in [1.807, 2.05) is 24.3 Å². The van der Waals surface area contributed by atoms with Crippen molar-refractivity contribution in [2.75, 3.05) is 26.2 Å². The number of hydrogen-bond donors (Lipinski definition) is 1. The van der Waals surface area contributed by atoms with E-state index < -0.39 is 6.10 Å². The minimum absolute atomic E-state index is 0.331. The van der Waals surface area contributed by atoms with Crippen LogP contribution in [0.2, 0.25) is 0 Å². The second kappa shape index (κ2) is 8.76. The van der Waals surface area contributed by atoms with Gasteiger partial charge in [-0.25, -0.2) is 0 Å². The van der Waals surface area contributed by atoms with Crippen LogP contribution in [0.4, 0.5) is 0 Å². The zero-order valence-corrected chi connectivity index (χ0v) is 13.7. The molecule has 0 aliphatic rings. The highest BCUT2D eigenvalue weighted by molar-refractivity contribution is 5.88. The van der Waals surface area contributed by atoms with Crippen molar-refractivity contribution in [3.63, 3.8) is 0 Å². The predicted octanol–water partition coefficient (Wildman–Crippen LogP) is 3.70. The molecule has 0 spiro atoms. The first-order valence-corrected chi connectivity index (χ1v) is 8.25. The summed E-state index contributed by atoms with van der Waals surface area (Å²) < 4.78 is 5.86. The summed E-state index contributed by atoms with van der Waals surface area (Å²) in [5.74, 6) is 0.842. The van der Waals surface area contributed by atoms with Crippen molar-refractivity contribution < 1.29 is 9.84 Å². The van der Waals surface area contributed by atoms with Crippen LogP contribution >= 0.6 is 0 Å². The molecule has 0 radical (unpaired) electrons. The van der Waals surface area contributed by atoms with E-state index in [-0.39, 0.29) is 0 Å². The molecule has 2 rings (SSSR count). The summed E-state index contributed by atoms with van der Waals surface area (Å²) in [6.45, 7) is 7.39. The van der Waals surface area contributed by atoms with E-state index in [0.717, 1.165) is 42.5 Å². The van der Waals surface area contributed by atoms with Crippen molar-refractivity contribution in [1.82, 2.24) is 4.90 Å². The monoisotopic (exact) mass is 301 g/mol. The third-order valence-corrected chi connectivity index (χ3v) is 3.73. The highest BCUT2D eigenvalue weighted by Gasteiger charge is 2.12. The lowest BCUT2D eigenvalue weighted by Crippen LogP contribution is -2.36. The van der Waals surface area contributed by atoms with E-state index in [2.05, 4.69) is 36.9 Å². The van der Waals surface area contributed by atoms with Gasteiger partial charge in [-0.1, -0.05) is 50.2 Å². The largest absolute Gasteiger partial charge is 0.490 e. The maximum atomic E-state index is 10.2. The summed E-state index contributed by atoms with van der Waals surface area (Å²) in [6.07, 6.45) is 1.76. The van der Waals surface area contributed by atoms with Crippen molar-refractivity contribution >= 4 is 10.8 Å². The second-order valence-electron chi connectivity index (χ2n) is 5.74. The number of ether oxygens (including phenoxy) is 1. The number of hydrogen-bond acceptors (Lipinski definition) is 3. The molecule has 0 saturated carbocycles. The fraction of sp³-hybridized carbons (Fsp3) is 0.474. The topological polar surface area (TPSA) is 32.7 Å². The molecule has 1 atom stereocenters. The molecule has 2 aromatic carbocycles. The fourth-order valence-corrected chi connectivity index (χ4v) is 2.79. The summed E-state index contributed by atoms with van der Waals surface area (Å²) in [4.78, 5) is 2.30. The molecule has 1 N–H and O–H groups in total. The van der Waals surface area contributed by atoms with Crippen LogP contribution in [0, 0.1) is 0 Å². The molecule has 0 unspecified atom stereocenters. The molecular weight excluding hydrogens is 274 g/mol. The van der Waals surface area contributed by atoms with Gasteiger partial charge in [0, 0.05) is 11.9 Å². The van der Waals surface area contributed by atoms with Gasteiger partial charge in [0.2, 0.25) is 0 Å². The molecule has 0 heterocycles. The van der Waals surface area contributed by atoms with E-state index >= 15 is 0 Å². The smallest absolute Gasteiger partial charge is 0.127 e. The average molecular weight is 301 g/mol. The SMILES string of the molecule is CCCN(CCC)C[C@H](O)COc1cccc2ccccc12. The normalized spacial score (nSPS) is 12.7. The summed E-state index contributed by atoms with van der Waals surface area (Å²) in [6, 6.07) is 14.2. The van der Waals surface area contributed by atoms with E-state index in [1.165, 1.54) is 0 Å². The first kappa shape index (κ1) is 16.8. The van der Waals surface area contributed by atoms with Gasteiger partial charge in [0.25, 0.3) is 0 Å². The van der Waals surface area contributed by atoms with Crippen molar-refractivity contribution in [3.8, 4) is 5.75 Å². The Morgan fingerprint density at radius 1 is 1.00 bits per heavy atom. The first-order chi connectivity index (χ1) is 10.7. The molecule has 2 aromatic rings. The Morgan fingerprint density at radius 3 is 2.41 bits per heavy atom. The Balaban J connectivity index is 1.93. The van der Waals surface area contributed by atoms with Crippen molar-refractivity contribution in [1.29, 1.82) is 0 Å². The number of aliphatic hydroxyl groups is 1. The lowest BCUT2D eigenvalue weighted by atomic mass is 10.1. The molecule has 0 bridgehead atoms. The molecule has 0 amide bonds. The number of fused-ring (bicyclic) bond motifs is 1. The third kappa shape index (κ3) is 4.72. The van der Waals surface area contributed by atoms with E-state index in [9.17, 15) is 5.11 Å². The zero-order valence-electron chi connectivity index (χ0n) is 13.7. The van der Waals surface area contributed by atoms with Crippen LogP contribution in [0.3, 0.4) is 0 Å². The quantitative estimate of drug-likeness (QED) is 0.766. The summed E-state index contributed by atoms with van der Waals surface area (Å²) in [5.41, 5.74) is 0. The summed E-state index contributed by atoms with van der Waals surface area (Å²) in [7, 11) is 0. The Hall–Kier alpha value is -1.58. The zero-order chi connectivity index (χ0) is 15.8. The highest BCUT2D eigenvalue weighted by atomic mass is 16.5. The first-order valence-electron chi connectivity index (χ1n) is 8.25. The van der Waals surface area contributed by atoms with Gasteiger partial charge in [0.1, 0.15) is 18.5 Å². The maximum Gasteiger partial charge on any atom is 0.127 e. The number of nitrogens with zero attached hydrogens (tertiary/aromatic N) is 1. The molecule has 3 nitrogen and oxygen atoms in total. The van der Waals surface area contributed by atoms with Crippen LogP contribution in [0.1, 0.15) is 26.7 Å². The predicted molar refractivity (Wildman–Crippen MR) is 92.5 cm³/mol. The van der Waals surface area contributed by atoms with Gasteiger partial charge < -0.3 is 14.7 Å². The molecular formula is C19H27NO2. The van der Waals surface area contributed by atoms with Crippen molar-refractivity contribution in [2.24, 2.45) is 0 Å². The van der Waals surface area contributed by atoms with Gasteiger partial charge in [0.05, 0.1) is 0 Å². The van der Waals surface area contributed by atoms with Gasteiger partial charge in [-0.2, -0.15) is 0 Å².